The maximum Gasteiger partial charge on any atom is 0.253 e. The monoisotopic (exact) mass is 486 g/mol. The van der Waals surface area contributed by atoms with Crippen LogP contribution in [0, 0.1) is 23.7 Å². The van der Waals surface area contributed by atoms with Crippen molar-refractivity contribution in [2.24, 2.45) is 16.7 Å². The van der Waals surface area contributed by atoms with E-state index in [1.807, 2.05) is 13.8 Å². The second-order valence-corrected chi connectivity index (χ2v) is 12.3. The molecule has 2 bridgehead atoms. The van der Waals surface area contributed by atoms with E-state index in [4.69, 9.17) is 4.52 Å². The van der Waals surface area contributed by atoms with Crippen molar-refractivity contribution in [2.75, 3.05) is 31.9 Å². The van der Waals surface area contributed by atoms with Crippen LogP contribution in [-0.2, 0) is 14.8 Å². The largest absolute Gasteiger partial charge is 0.339 e. The van der Waals surface area contributed by atoms with Gasteiger partial charge in [-0.2, -0.15) is 9.29 Å². The molecule has 3 fully saturated rings. The van der Waals surface area contributed by atoms with E-state index in [9.17, 15) is 18.0 Å². The Morgan fingerprint density at radius 3 is 2.35 bits per heavy atom. The molecule has 2 heterocycles. The summed E-state index contributed by atoms with van der Waals surface area (Å²) in [4.78, 5) is 31.6. The Kier molecular flexibility index (Phi) is 5.44. The van der Waals surface area contributed by atoms with E-state index < -0.39 is 15.4 Å². The molecule has 1 amide bonds. The van der Waals surface area contributed by atoms with Crippen molar-refractivity contribution in [2.45, 2.75) is 40.0 Å². The third-order valence-electron chi connectivity index (χ3n) is 8.40. The molecule has 3 aliphatic rings. The van der Waals surface area contributed by atoms with Crippen LogP contribution in [0.25, 0.3) is 11.4 Å². The summed E-state index contributed by atoms with van der Waals surface area (Å²) in [6.07, 6.45) is 2.07. The number of Topliss-reactive ketones (excluding diaryl/α,β-unsaturated/α-hetero) is 1. The van der Waals surface area contributed by atoms with Crippen molar-refractivity contribution in [3.05, 3.63) is 35.7 Å². The Hall–Kier alpha value is -2.59. The van der Waals surface area contributed by atoms with Gasteiger partial charge in [0.05, 0.1) is 5.75 Å². The number of carbonyl (C=O) groups is 2. The van der Waals surface area contributed by atoms with Gasteiger partial charge >= 0.3 is 0 Å². The lowest BCUT2D eigenvalue weighted by atomic mass is 9.70. The van der Waals surface area contributed by atoms with Crippen molar-refractivity contribution in [1.82, 2.24) is 19.3 Å². The van der Waals surface area contributed by atoms with Crippen LogP contribution in [0.4, 0.5) is 0 Å². The first kappa shape index (κ1) is 23.2. The van der Waals surface area contributed by atoms with Gasteiger partial charge in [0, 0.05) is 56.1 Å². The number of aryl methyl sites for hydroxylation is 1. The van der Waals surface area contributed by atoms with E-state index in [0.29, 0.717) is 43.2 Å². The topological polar surface area (TPSA) is 114 Å². The lowest BCUT2D eigenvalue weighted by Crippen LogP contribution is -2.53. The predicted molar refractivity (Wildman–Crippen MR) is 124 cm³/mol. The van der Waals surface area contributed by atoms with Gasteiger partial charge in [0.1, 0.15) is 5.78 Å². The number of hydrogen-bond acceptors (Lipinski definition) is 7. The Balaban J connectivity index is 1.23. The van der Waals surface area contributed by atoms with Crippen molar-refractivity contribution in [1.29, 1.82) is 0 Å². The Morgan fingerprint density at radius 2 is 1.82 bits per heavy atom. The first-order valence-electron chi connectivity index (χ1n) is 11.7. The molecule has 1 aromatic heterocycles. The fourth-order valence-electron chi connectivity index (χ4n) is 6.04. The lowest BCUT2D eigenvalue weighted by molar-refractivity contribution is -0.128. The predicted octanol–water partition coefficient (Wildman–Crippen LogP) is 2.53. The van der Waals surface area contributed by atoms with Crippen molar-refractivity contribution in [3.63, 3.8) is 0 Å². The molecule has 2 aromatic rings. The fourth-order valence-corrected chi connectivity index (χ4v) is 8.24. The number of aromatic nitrogens is 2. The van der Waals surface area contributed by atoms with Gasteiger partial charge in [-0.1, -0.05) is 31.1 Å². The zero-order chi connectivity index (χ0) is 24.3. The minimum atomic E-state index is -3.61. The number of fused-ring (bicyclic) bond motifs is 2. The summed E-state index contributed by atoms with van der Waals surface area (Å²) in [5.41, 5.74) is 0.209. The van der Waals surface area contributed by atoms with Crippen molar-refractivity contribution in [3.8, 4) is 11.4 Å². The highest BCUT2D eigenvalue weighted by Crippen LogP contribution is 2.64. The van der Waals surface area contributed by atoms with Crippen LogP contribution in [-0.4, -0.2) is 71.4 Å². The normalized spacial score (nSPS) is 26.9. The number of piperazine rings is 1. The second kappa shape index (κ2) is 7.98. The number of benzene rings is 1. The average Bonchev–Trinajstić information content (AvgIpc) is 3.40. The third kappa shape index (κ3) is 3.58. The first-order chi connectivity index (χ1) is 16.0. The number of rotatable bonds is 5. The Bertz CT molecular complexity index is 1230. The third-order valence-corrected chi connectivity index (χ3v) is 10.4. The number of carbonyl (C=O) groups excluding carboxylic acids is 2. The molecular weight excluding hydrogens is 456 g/mol. The van der Waals surface area contributed by atoms with Gasteiger partial charge in [-0.25, -0.2) is 8.42 Å². The highest BCUT2D eigenvalue weighted by molar-refractivity contribution is 7.89. The number of amides is 1. The second-order valence-electron chi connectivity index (χ2n) is 10.3. The SMILES string of the molecule is Cc1nc(-c2ccc(C(=O)N3CCN(S(=O)(=O)CC45CCC(CC4=O)C5(C)C)CC3)cc2)no1. The quantitative estimate of drug-likeness (QED) is 0.638. The molecule has 0 N–H and O–H groups in total. The molecule has 5 rings (SSSR count). The highest BCUT2D eigenvalue weighted by atomic mass is 32.2. The molecule has 2 saturated carbocycles. The van der Waals surface area contributed by atoms with Crippen LogP contribution in [0.1, 0.15) is 49.4 Å². The lowest BCUT2D eigenvalue weighted by Gasteiger charge is -2.39. The number of sulfonamides is 1. The zero-order valence-corrected chi connectivity index (χ0v) is 20.6. The zero-order valence-electron chi connectivity index (χ0n) is 19.8. The summed E-state index contributed by atoms with van der Waals surface area (Å²) in [6.45, 7) is 6.92. The minimum absolute atomic E-state index is 0.102. The molecule has 9 nitrogen and oxygen atoms in total. The van der Waals surface area contributed by atoms with Crippen LogP contribution >= 0.6 is 0 Å². The van der Waals surface area contributed by atoms with E-state index in [1.54, 1.807) is 36.1 Å². The molecule has 1 saturated heterocycles. The van der Waals surface area contributed by atoms with E-state index >= 15 is 0 Å². The van der Waals surface area contributed by atoms with Crippen molar-refractivity contribution < 1.29 is 22.5 Å². The molecule has 0 radical (unpaired) electrons. The number of ketones is 1. The van der Waals surface area contributed by atoms with Crippen LogP contribution in [0.3, 0.4) is 0 Å². The molecule has 2 unspecified atom stereocenters. The van der Waals surface area contributed by atoms with Gasteiger partial charge in [0.15, 0.2) is 0 Å². The van der Waals surface area contributed by atoms with E-state index in [2.05, 4.69) is 10.1 Å². The number of nitrogens with zero attached hydrogens (tertiary/aromatic N) is 4. The van der Waals surface area contributed by atoms with Gasteiger partial charge in [-0.15, -0.1) is 0 Å². The van der Waals surface area contributed by atoms with Crippen LogP contribution < -0.4 is 0 Å². The average molecular weight is 487 g/mol. The summed E-state index contributed by atoms with van der Waals surface area (Å²) in [5, 5.41) is 3.88. The number of hydrogen-bond donors (Lipinski definition) is 0. The van der Waals surface area contributed by atoms with Crippen molar-refractivity contribution >= 4 is 21.7 Å². The molecule has 182 valence electrons. The summed E-state index contributed by atoms with van der Waals surface area (Å²) >= 11 is 0. The molecule has 2 atom stereocenters. The molecule has 10 heteroatoms. The Morgan fingerprint density at radius 1 is 1.15 bits per heavy atom. The Labute approximate surface area is 199 Å². The highest BCUT2D eigenvalue weighted by Gasteiger charge is 2.65. The first-order valence-corrected chi connectivity index (χ1v) is 13.4. The summed E-state index contributed by atoms with van der Waals surface area (Å²) in [6, 6.07) is 6.98. The van der Waals surface area contributed by atoms with Gasteiger partial charge < -0.3 is 9.42 Å². The smallest absolute Gasteiger partial charge is 0.253 e. The van der Waals surface area contributed by atoms with Gasteiger partial charge in [0.25, 0.3) is 5.91 Å². The van der Waals surface area contributed by atoms with E-state index in [-0.39, 0.29) is 41.9 Å². The van der Waals surface area contributed by atoms with Gasteiger partial charge in [0.2, 0.25) is 21.7 Å². The van der Waals surface area contributed by atoms with Crippen LogP contribution in [0.15, 0.2) is 28.8 Å². The molecule has 1 aromatic carbocycles. The van der Waals surface area contributed by atoms with E-state index in [1.165, 1.54) is 4.31 Å². The van der Waals surface area contributed by atoms with Gasteiger partial charge in [-0.05, 0) is 36.3 Å². The molecular formula is C24H30N4O5S. The van der Waals surface area contributed by atoms with Gasteiger partial charge in [-0.3, -0.25) is 9.59 Å². The van der Waals surface area contributed by atoms with Crippen LogP contribution in [0.2, 0.25) is 0 Å². The molecule has 2 aliphatic carbocycles. The summed E-state index contributed by atoms with van der Waals surface area (Å²) in [7, 11) is -3.61. The van der Waals surface area contributed by atoms with Crippen LogP contribution in [0.5, 0.6) is 0 Å². The molecule has 34 heavy (non-hydrogen) atoms. The molecule has 0 spiro atoms. The van der Waals surface area contributed by atoms with E-state index in [0.717, 1.165) is 12.0 Å². The standard InChI is InChI=1S/C24H30N4O5S/c1-16-25-21(26-33-16)17-4-6-18(7-5-17)22(30)27-10-12-28(13-11-27)34(31,32)15-24-9-8-19(14-20(24)29)23(24,2)3/h4-7,19H,8-15H2,1-3H3. The maximum atomic E-state index is 13.3. The molecule has 1 aliphatic heterocycles. The fraction of sp³-hybridized carbons (Fsp3) is 0.583. The summed E-state index contributed by atoms with van der Waals surface area (Å²) < 4.78 is 33.1. The maximum absolute atomic E-state index is 13.3. The minimum Gasteiger partial charge on any atom is -0.339 e. The summed E-state index contributed by atoms with van der Waals surface area (Å²) in [5.74, 6) is 1.05.